The molecule has 4 nitrogen and oxygen atoms in total. The summed E-state index contributed by atoms with van der Waals surface area (Å²) < 4.78 is 10.9. The van der Waals surface area contributed by atoms with Gasteiger partial charge in [0.05, 0.1) is 19.3 Å². The van der Waals surface area contributed by atoms with E-state index in [0.717, 1.165) is 45.9 Å². The van der Waals surface area contributed by atoms with Crippen molar-refractivity contribution in [3.63, 3.8) is 0 Å². The molecular weight excluding hydrogens is 192 g/mol. The predicted octanol–water partition coefficient (Wildman–Crippen LogP) is 0.333. The van der Waals surface area contributed by atoms with E-state index in [-0.39, 0.29) is 0 Å². The largest absolute Gasteiger partial charge is 0.379 e. The van der Waals surface area contributed by atoms with Gasteiger partial charge in [-0.3, -0.25) is 0 Å². The molecule has 1 rings (SSSR count). The fourth-order valence-corrected chi connectivity index (χ4v) is 1.59. The Balaban J connectivity index is 1.76. The number of hydrogen-bond acceptors (Lipinski definition) is 4. The average Bonchev–Trinajstić information content (AvgIpc) is 2.68. The summed E-state index contributed by atoms with van der Waals surface area (Å²) in [5.41, 5.74) is 0. The van der Waals surface area contributed by atoms with Crippen molar-refractivity contribution in [2.45, 2.75) is 18.9 Å². The Hall–Kier alpha value is -0.160. The smallest absolute Gasteiger partial charge is 0.0831 e. The highest BCUT2D eigenvalue weighted by molar-refractivity contribution is 4.63. The number of hydrogen-bond donors (Lipinski definition) is 1. The van der Waals surface area contributed by atoms with E-state index in [9.17, 15) is 0 Å². The molecule has 0 aromatic heterocycles. The molecule has 1 unspecified atom stereocenters. The second kappa shape index (κ2) is 8.05. The molecule has 0 spiro atoms. The quantitative estimate of drug-likeness (QED) is 0.593. The maximum atomic E-state index is 5.63. The summed E-state index contributed by atoms with van der Waals surface area (Å²) in [6, 6.07) is 0. The molecule has 4 heteroatoms. The van der Waals surface area contributed by atoms with E-state index >= 15 is 0 Å². The van der Waals surface area contributed by atoms with Crippen LogP contribution in [0.3, 0.4) is 0 Å². The van der Waals surface area contributed by atoms with Gasteiger partial charge in [0.2, 0.25) is 0 Å². The van der Waals surface area contributed by atoms with Crippen molar-refractivity contribution in [1.82, 2.24) is 10.2 Å². The van der Waals surface area contributed by atoms with Gasteiger partial charge >= 0.3 is 0 Å². The van der Waals surface area contributed by atoms with Crippen LogP contribution in [0.5, 0.6) is 0 Å². The Morgan fingerprint density at radius 3 is 2.93 bits per heavy atom. The SMILES string of the molecule is CN(C)CCCNCCOC1CCOC1. The topological polar surface area (TPSA) is 33.7 Å². The third-order valence-corrected chi connectivity index (χ3v) is 2.48. The highest BCUT2D eigenvalue weighted by Gasteiger charge is 2.14. The fourth-order valence-electron chi connectivity index (χ4n) is 1.59. The summed E-state index contributed by atoms with van der Waals surface area (Å²) in [7, 11) is 4.20. The standard InChI is InChI=1S/C11H24N2O2/c1-13(2)7-3-5-12-6-9-15-11-4-8-14-10-11/h11-12H,3-10H2,1-2H3. The minimum Gasteiger partial charge on any atom is -0.379 e. The van der Waals surface area contributed by atoms with Crippen LogP contribution in [0.2, 0.25) is 0 Å². The minimum absolute atomic E-state index is 0.341. The van der Waals surface area contributed by atoms with Crippen LogP contribution in [-0.2, 0) is 9.47 Å². The van der Waals surface area contributed by atoms with Crippen molar-refractivity contribution in [3.8, 4) is 0 Å². The average molecular weight is 216 g/mol. The predicted molar refractivity (Wildman–Crippen MR) is 61.2 cm³/mol. The Bertz CT molecular complexity index is 148. The van der Waals surface area contributed by atoms with Crippen LogP contribution in [0.25, 0.3) is 0 Å². The van der Waals surface area contributed by atoms with E-state index < -0.39 is 0 Å². The van der Waals surface area contributed by atoms with E-state index in [2.05, 4.69) is 24.3 Å². The van der Waals surface area contributed by atoms with Gasteiger partial charge in [0.1, 0.15) is 0 Å². The molecule has 0 aromatic carbocycles. The van der Waals surface area contributed by atoms with Crippen molar-refractivity contribution in [1.29, 1.82) is 0 Å². The van der Waals surface area contributed by atoms with Crippen molar-refractivity contribution in [2.24, 2.45) is 0 Å². The third kappa shape index (κ3) is 6.84. The summed E-state index contributed by atoms with van der Waals surface area (Å²) in [5, 5.41) is 3.37. The Kier molecular flexibility index (Phi) is 6.92. The van der Waals surface area contributed by atoms with E-state index in [1.165, 1.54) is 6.42 Å². The lowest BCUT2D eigenvalue weighted by Gasteiger charge is -2.11. The number of ether oxygens (including phenoxy) is 2. The molecule has 1 N–H and O–H groups in total. The molecule has 1 heterocycles. The van der Waals surface area contributed by atoms with Crippen LogP contribution in [-0.4, -0.2) is 64.6 Å². The fraction of sp³-hybridized carbons (Fsp3) is 1.00. The lowest BCUT2D eigenvalue weighted by atomic mass is 10.3. The molecule has 1 aliphatic heterocycles. The molecule has 0 saturated carbocycles. The van der Waals surface area contributed by atoms with Crippen LogP contribution < -0.4 is 5.32 Å². The Morgan fingerprint density at radius 1 is 1.40 bits per heavy atom. The van der Waals surface area contributed by atoms with E-state index in [1.54, 1.807) is 0 Å². The maximum Gasteiger partial charge on any atom is 0.0831 e. The van der Waals surface area contributed by atoms with Crippen molar-refractivity contribution in [2.75, 3.05) is 53.6 Å². The first-order valence-electron chi connectivity index (χ1n) is 5.84. The molecule has 1 aliphatic rings. The molecule has 0 bridgehead atoms. The normalized spacial score (nSPS) is 21.4. The van der Waals surface area contributed by atoms with Gasteiger partial charge in [-0.2, -0.15) is 0 Å². The molecular formula is C11H24N2O2. The summed E-state index contributed by atoms with van der Waals surface area (Å²) in [6.07, 6.45) is 2.59. The van der Waals surface area contributed by atoms with Gasteiger partial charge < -0.3 is 19.7 Å². The van der Waals surface area contributed by atoms with Crippen LogP contribution in [0.1, 0.15) is 12.8 Å². The van der Waals surface area contributed by atoms with Crippen molar-refractivity contribution >= 4 is 0 Å². The molecule has 0 aromatic rings. The first-order chi connectivity index (χ1) is 7.29. The third-order valence-electron chi connectivity index (χ3n) is 2.48. The van der Waals surface area contributed by atoms with Gasteiger partial charge in [0, 0.05) is 13.2 Å². The molecule has 90 valence electrons. The van der Waals surface area contributed by atoms with Crippen molar-refractivity contribution < 1.29 is 9.47 Å². The van der Waals surface area contributed by atoms with Gasteiger partial charge in [-0.15, -0.1) is 0 Å². The molecule has 1 atom stereocenters. The summed E-state index contributed by atoms with van der Waals surface area (Å²) in [4.78, 5) is 2.20. The molecule has 0 aliphatic carbocycles. The lowest BCUT2D eigenvalue weighted by Crippen LogP contribution is -2.26. The van der Waals surface area contributed by atoms with E-state index in [4.69, 9.17) is 9.47 Å². The number of nitrogens with zero attached hydrogens (tertiary/aromatic N) is 1. The zero-order chi connectivity index (χ0) is 10.9. The Labute approximate surface area is 92.9 Å². The zero-order valence-corrected chi connectivity index (χ0v) is 10.00. The van der Waals surface area contributed by atoms with Crippen LogP contribution >= 0.6 is 0 Å². The first-order valence-corrected chi connectivity index (χ1v) is 5.84. The molecule has 0 radical (unpaired) electrons. The maximum absolute atomic E-state index is 5.63. The number of nitrogens with one attached hydrogen (secondary N) is 1. The molecule has 1 saturated heterocycles. The molecule has 15 heavy (non-hydrogen) atoms. The van der Waals surface area contributed by atoms with E-state index in [1.807, 2.05) is 0 Å². The van der Waals surface area contributed by atoms with Crippen LogP contribution in [0, 0.1) is 0 Å². The molecule has 1 fully saturated rings. The van der Waals surface area contributed by atoms with Gasteiger partial charge in [0.15, 0.2) is 0 Å². The van der Waals surface area contributed by atoms with Crippen molar-refractivity contribution in [3.05, 3.63) is 0 Å². The monoisotopic (exact) mass is 216 g/mol. The summed E-state index contributed by atoms with van der Waals surface area (Å²) in [5.74, 6) is 0. The van der Waals surface area contributed by atoms with Crippen LogP contribution in [0.15, 0.2) is 0 Å². The van der Waals surface area contributed by atoms with Gasteiger partial charge in [0.25, 0.3) is 0 Å². The molecule has 0 amide bonds. The summed E-state index contributed by atoms with van der Waals surface area (Å²) in [6.45, 7) is 5.61. The zero-order valence-electron chi connectivity index (χ0n) is 10.00. The first kappa shape index (κ1) is 12.9. The van der Waals surface area contributed by atoms with Crippen LogP contribution in [0.4, 0.5) is 0 Å². The number of rotatable bonds is 8. The lowest BCUT2D eigenvalue weighted by molar-refractivity contribution is 0.0445. The van der Waals surface area contributed by atoms with E-state index in [0.29, 0.717) is 6.10 Å². The van der Waals surface area contributed by atoms with Gasteiger partial charge in [-0.1, -0.05) is 0 Å². The van der Waals surface area contributed by atoms with Gasteiger partial charge in [-0.25, -0.2) is 0 Å². The second-order valence-corrected chi connectivity index (χ2v) is 4.26. The minimum atomic E-state index is 0.341. The highest BCUT2D eigenvalue weighted by atomic mass is 16.5. The Morgan fingerprint density at radius 2 is 2.27 bits per heavy atom. The second-order valence-electron chi connectivity index (χ2n) is 4.26. The summed E-state index contributed by atoms with van der Waals surface area (Å²) >= 11 is 0. The highest BCUT2D eigenvalue weighted by Crippen LogP contribution is 2.06. The van der Waals surface area contributed by atoms with Gasteiger partial charge in [-0.05, 0) is 40.0 Å².